The Labute approximate surface area is 162 Å². The van der Waals surface area contributed by atoms with Crippen LogP contribution < -0.4 is 0 Å². The molecule has 0 aliphatic heterocycles. The lowest BCUT2D eigenvalue weighted by atomic mass is 10.1. The molecule has 0 atom stereocenters. The Hall–Kier alpha value is -2.35. The van der Waals surface area contributed by atoms with Crippen molar-refractivity contribution in [3.63, 3.8) is 0 Å². The first-order valence-electron chi connectivity index (χ1n) is 8.56. The number of hydrogen-bond acceptors (Lipinski definition) is 4. The molecule has 2 heterocycles. The van der Waals surface area contributed by atoms with Gasteiger partial charge in [-0.2, -0.15) is 0 Å². The van der Waals surface area contributed by atoms with Gasteiger partial charge >= 0.3 is 0 Å². The Morgan fingerprint density at radius 1 is 1.04 bits per heavy atom. The first-order valence-corrected chi connectivity index (χ1v) is 11.0. The number of benzene rings is 2. The Morgan fingerprint density at radius 3 is 2.70 bits per heavy atom. The predicted octanol–water partition coefficient (Wildman–Crippen LogP) is 3.90. The van der Waals surface area contributed by atoms with Gasteiger partial charge in [-0.3, -0.25) is 4.40 Å². The largest absolute Gasteiger partial charge is 0.294 e. The fourth-order valence-electron chi connectivity index (χ4n) is 3.03. The standard InChI is InChI=1S/C20H19N3O2S2/c1-22(14-15-26-20-11-5-10-19-21-12-13-23(19)20)27(24,25)18-9-4-7-16-6-2-3-8-17(16)18/h2-13H,14-15H2,1H3. The monoisotopic (exact) mass is 397 g/mol. The lowest BCUT2D eigenvalue weighted by Gasteiger charge is -2.18. The van der Waals surface area contributed by atoms with Crippen molar-refractivity contribution in [1.29, 1.82) is 0 Å². The van der Waals surface area contributed by atoms with Gasteiger partial charge in [0.1, 0.15) is 5.65 Å². The van der Waals surface area contributed by atoms with Gasteiger partial charge in [0.05, 0.1) is 9.92 Å². The van der Waals surface area contributed by atoms with E-state index in [4.69, 9.17) is 0 Å². The van der Waals surface area contributed by atoms with Crippen molar-refractivity contribution in [2.24, 2.45) is 0 Å². The van der Waals surface area contributed by atoms with Crippen molar-refractivity contribution in [3.05, 3.63) is 73.1 Å². The van der Waals surface area contributed by atoms with Gasteiger partial charge in [0.2, 0.25) is 10.0 Å². The predicted molar refractivity (Wildman–Crippen MR) is 110 cm³/mol. The molecule has 4 aromatic rings. The zero-order valence-corrected chi connectivity index (χ0v) is 16.5. The zero-order chi connectivity index (χ0) is 18.9. The number of hydrogen-bond donors (Lipinski definition) is 0. The number of nitrogens with zero attached hydrogens (tertiary/aromatic N) is 3. The molecule has 27 heavy (non-hydrogen) atoms. The van der Waals surface area contributed by atoms with Crippen LogP contribution in [0.1, 0.15) is 0 Å². The highest BCUT2D eigenvalue weighted by molar-refractivity contribution is 7.99. The second-order valence-electron chi connectivity index (χ2n) is 6.17. The summed E-state index contributed by atoms with van der Waals surface area (Å²) in [4.78, 5) is 4.63. The van der Waals surface area contributed by atoms with Crippen molar-refractivity contribution < 1.29 is 8.42 Å². The van der Waals surface area contributed by atoms with E-state index in [1.165, 1.54) is 4.31 Å². The maximum atomic E-state index is 13.1. The smallest absolute Gasteiger partial charge is 0.243 e. The molecule has 0 saturated carbocycles. The summed E-state index contributed by atoms with van der Waals surface area (Å²) < 4.78 is 29.6. The number of pyridine rings is 1. The van der Waals surface area contributed by atoms with Crippen LogP contribution in [0.2, 0.25) is 0 Å². The van der Waals surface area contributed by atoms with Crippen LogP contribution in [0, 0.1) is 0 Å². The zero-order valence-electron chi connectivity index (χ0n) is 14.8. The summed E-state index contributed by atoms with van der Waals surface area (Å²) in [6.07, 6.45) is 3.67. The summed E-state index contributed by atoms with van der Waals surface area (Å²) in [5.74, 6) is 0.651. The van der Waals surface area contributed by atoms with E-state index in [1.807, 2.05) is 59.1 Å². The molecule has 0 bridgehead atoms. The first kappa shape index (κ1) is 18.0. The highest BCUT2D eigenvalue weighted by Crippen LogP contribution is 2.26. The number of imidazole rings is 1. The molecule has 4 rings (SSSR count). The third-order valence-corrected chi connectivity index (χ3v) is 7.42. The van der Waals surface area contributed by atoms with Crippen LogP contribution in [0.5, 0.6) is 0 Å². The van der Waals surface area contributed by atoms with Crippen LogP contribution in [0.25, 0.3) is 16.4 Å². The minimum atomic E-state index is -3.55. The van der Waals surface area contributed by atoms with Gasteiger partial charge in [0, 0.05) is 37.1 Å². The summed E-state index contributed by atoms with van der Waals surface area (Å²) in [5.41, 5.74) is 0.886. The van der Waals surface area contributed by atoms with Gasteiger partial charge < -0.3 is 0 Å². The van der Waals surface area contributed by atoms with Gasteiger partial charge in [0.15, 0.2) is 0 Å². The molecule has 0 aliphatic carbocycles. The van der Waals surface area contributed by atoms with Crippen molar-refractivity contribution in [2.75, 3.05) is 19.3 Å². The van der Waals surface area contributed by atoms with Crippen molar-refractivity contribution in [3.8, 4) is 0 Å². The average Bonchev–Trinajstić information content (AvgIpc) is 3.17. The molecular weight excluding hydrogens is 378 g/mol. The average molecular weight is 398 g/mol. The van der Waals surface area contributed by atoms with Gasteiger partial charge in [-0.25, -0.2) is 17.7 Å². The molecule has 2 aromatic heterocycles. The van der Waals surface area contributed by atoms with E-state index in [2.05, 4.69) is 4.98 Å². The molecule has 138 valence electrons. The van der Waals surface area contributed by atoms with E-state index < -0.39 is 10.0 Å². The van der Waals surface area contributed by atoms with Crippen LogP contribution in [-0.4, -0.2) is 41.5 Å². The van der Waals surface area contributed by atoms with E-state index in [0.717, 1.165) is 21.4 Å². The minimum Gasteiger partial charge on any atom is -0.294 e. The van der Waals surface area contributed by atoms with Gasteiger partial charge in [-0.1, -0.05) is 42.5 Å². The maximum absolute atomic E-state index is 13.1. The van der Waals surface area contributed by atoms with Crippen molar-refractivity contribution >= 4 is 38.2 Å². The number of thioether (sulfide) groups is 1. The lowest BCUT2D eigenvalue weighted by molar-refractivity contribution is 0.489. The highest BCUT2D eigenvalue weighted by Gasteiger charge is 2.22. The SMILES string of the molecule is CN(CCSc1cccc2nccn12)S(=O)(=O)c1cccc2ccccc12. The highest BCUT2D eigenvalue weighted by atomic mass is 32.2. The van der Waals surface area contributed by atoms with E-state index in [-0.39, 0.29) is 0 Å². The van der Waals surface area contributed by atoms with Crippen LogP contribution in [0.15, 0.2) is 83.0 Å². The Bertz CT molecular complexity index is 1200. The molecule has 0 spiro atoms. The molecule has 0 N–H and O–H groups in total. The van der Waals surface area contributed by atoms with Gasteiger partial charge in [-0.15, -0.1) is 11.8 Å². The molecule has 5 nitrogen and oxygen atoms in total. The third kappa shape index (κ3) is 3.45. The Morgan fingerprint density at radius 2 is 1.81 bits per heavy atom. The Kier molecular flexibility index (Phi) is 4.90. The van der Waals surface area contributed by atoms with Crippen LogP contribution >= 0.6 is 11.8 Å². The van der Waals surface area contributed by atoms with Gasteiger partial charge in [0.25, 0.3) is 0 Å². The maximum Gasteiger partial charge on any atom is 0.243 e. The topological polar surface area (TPSA) is 54.7 Å². The minimum absolute atomic E-state index is 0.352. The quantitative estimate of drug-likeness (QED) is 0.463. The van der Waals surface area contributed by atoms with Crippen LogP contribution in [0.4, 0.5) is 0 Å². The number of rotatable bonds is 6. The van der Waals surface area contributed by atoms with Crippen molar-refractivity contribution in [2.45, 2.75) is 9.92 Å². The summed E-state index contributed by atoms with van der Waals surface area (Å²) in [7, 11) is -1.92. The van der Waals surface area contributed by atoms with E-state index in [0.29, 0.717) is 17.2 Å². The molecule has 0 amide bonds. The normalized spacial score (nSPS) is 12.2. The molecule has 0 aliphatic rings. The van der Waals surface area contributed by atoms with Gasteiger partial charge in [-0.05, 0) is 23.6 Å². The molecule has 7 heteroatoms. The van der Waals surface area contributed by atoms with Crippen LogP contribution in [0.3, 0.4) is 0 Å². The molecule has 0 unspecified atom stereocenters. The molecule has 2 aromatic carbocycles. The number of sulfonamides is 1. The van der Waals surface area contributed by atoms with E-state index in [1.54, 1.807) is 37.1 Å². The van der Waals surface area contributed by atoms with Crippen molar-refractivity contribution in [1.82, 2.24) is 13.7 Å². The second kappa shape index (κ2) is 7.34. The van der Waals surface area contributed by atoms with E-state index >= 15 is 0 Å². The molecule has 0 radical (unpaired) electrons. The third-order valence-electron chi connectivity index (χ3n) is 4.48. The van der Waals surface area contributed by atoms with E-state index in [9.17, 15) is 8.42 Å². The summed E-state index contributed by atoms with van der Waals surface area (Å²) in [6, 6.07) is 18.9. The fraction of sp³-hybridized carbons (Fsp3) is 0.150. The summed E-state index contributed by atoms with van der Waals surface area (Å²) in [5, 5.41) is 2.72. The first-order chi connectivity index (χ1) is 13.1. The molecule has 0 saturated heterocycles. The van der Waals surface area contributed by atoms with Crippen LogP contribution in [-0.2, 0) is 10.0 Å². The second-order valence-corrected chi connectivity index (χ2v) is 9.30. The summed E-state index contributed by atoms with van der Waals surface area (Å²) in [6.45, 7) is 0.418. The molecule has 0 fully saturated rings. The fourth-order valence-corrected chi connectivity index (χ4v) is 5.57. The Balaban J connectivity index is 1.52. The number of aromatic nitrogens is 2. The lowest BCUT2D eigenvalue weighted by Crippen LogP contribution is -2.29. The number of fused-ring (bicyclic) bond motifs is 2. The molecular formula is C20H19N3O2S2. The summed E-state index contributed by atoms with van der Waals surface area (Å²) >= 11 is 1.61.